The van der Waals surface area contributed by atoms with E-state index in [0.29, 0.717) is 30.6 Å². The van der Waals surface area contributed by atoms with Gasteiger partial charge in [0, 0.05) is 25.0 Å². The molecule has 0 radical (unpaired) electrons. The summed E-state index contributed by atoms with van der Waals surface area (Å²) < 4.78 is 10.5. The molecule has 0 aliphatic rings. The average molecular weight is 268 g/mol. The van der Waals surface area contributed by atoms with Gasteiger partial charge in [-0.1, -0.05) is 17.5 Å². The third-order valence-corrected chi connectivity index (χ3v) is 2.20. The molecule has 0 atom stereocenters. The molecule has 0 spiro atoms. The first kappa shape index (κ1) is 14.7. The molecule has 0 aromatic carbocycles. The summed E-state index contributed by atoms with van der Waals surface area (Å²) in [5, 5.41) is 0.258. The van der Waals surface area contributed by atoms with Gasteiger partial charge in [-0.3, -0.25) is 4.79 Å². The van der Waals surface area contributed by atoms with E-state index in [2.05, 4.69) is 16.8 Å². The maximum Gasteiger partial charge on any atom is 0.222 e. The lowest BCUT2D eigenvalue weighted by Crippen LogP contribution is -2.14. The number of carbonyl (C=O) groups excluding carboxylic acids is 1. The van der Waals surface area contributed by atoms with E-state index in [1.54, 1.807) is 0 Å². The molecule has 96 valence electrons. The standard InChI is InChI=1S/C13H14ClNO3/c1-3-17-13(18-4-2)6-5-10-8-15-12(14)7-11(10)9-16/h7-9,13H,3-4H2,1-2H3. The third-order valence-electron chi connectivity index (χ3n) is 1.99. The highest BCUT2D eigenvalue weighted by Gasteiger charge is 2.04. The molecule has 1 rings (SSSR count). The maximum atomic E-state index is 10.9. The van der Waals surface area contributed by atoms with Gasteiger partial charge in [0.2, 0.25) is 6.29 Å². The van der Waals surface area contributed by atoms with Gasteiger partial charge in [-0.05, 0) is 25.8 Å². The fourth-order valence-corrected chi connectivity index (χ4v) is 1.38. The molecular weight excluding hydrogens is 254 g/mol. The van der Waals surface area contributed by atoms with E-state index in [9.17, 15) is 4.79 Å². The van der Waals surface area contributed by atoms with Crippen molar-refractivity contribution in [3.8, 4) is 11.8 Å². The molecule has 0 aliphatic carbocycles. The van der Waals surface area contributed by atoms with Crippen molar-refractivity contribution in [2.24, 2.45) is 0 Å². The van der Waals surface area contributed by atoms with Crippen molar-refractivity contribution in [2.45, 2.75) is 20.1 Å². The van der Waals surface area contributed by atoms with Crippen molar-refractivity contribution < 1.29 is 14.3 Å². The number of halogens is 1. The number of carbonyl (C=O) groups is 1. The fraction of sp³-hybridized carbons (Fsp3) is 0.385. The number of aldehydes is 1. The molecule has 0 N–H and O–H groups in total. The molecule has 18 heavy (non-hydrogen) atoms. The molecule has 0 saturated carbocycles. The monoisotopic (exact) mass is 267 g/mol. The Morgan fingerprint density at radius 1 is 1.44 bits per heavy atom. The topological polar surface area (TPSA) is 48.4 Å². The van der Waals surface area contributed by atoms with Gasteiger partial charge >= 0.3 is 0 Å². The van der Waals surface area contributed by atoms with Crippen LogP contribution in [0.4, 0.5) is 0 Å². The predicted molar refractivity (Wildman–Crippen MR) is 68.6 cm³/mol. The Labute approximate surface area is 111 Å². The van der Waals surface area contributed by atoms with Gasteiger partial charge in [0.1, 0.15) is 5.15 Å². The number of nitrogens with zero attached hydrogens (tertiary/aromatic N) is 1. The van der Waals surface area contributed by atoms with Crippen LogP contribution in [0.15, 0.2) is 12.3 Å². The van der Waals surface area contributed by atoms with Crippen LogP contribution in [0.2, 0.25) is 5.15 Å². The lowest BCUT2D eigenvalue weighted by molar-refractivity contribution is -0.0969. The number of hydrogen-bond acceptors (Lipinski definition) is 4. The van der Waals surface area contributed by atoms with E-state index in [0.717, 1.165) is 0 Å². The second-order valence-electron chi connectivity index (χ2n) is 3.22. The van der Waals surface area contributed by atoms with Crippen molar-refractivity contribution in [1.29, 1.82) is 0 Å². The van der Waals surface area contributed by atoms with Crippen LogP contribution >= 0.6 is 11.6 Å². The lowest BCUT2D eigenvalue weighted by Gasteiger charge is -2.09. The fourth-order valence-electron chi connectivity index (χ4n) is 1.22. The van der Waals surface area contributed by atoms with Crippen LogP contribution in [-0.4, -0.2) is 30.8 Å². The first-order chi connectivity index (χ1) is 8.71. The van der Waals surface area contributed by atoms with Crippen LogP contribution in [0.25, 0.3) is 0 Å². The molecule has 0 unspecified atom stereocenters. The van der Waals surface area contributed by atoms with E-state index in [-0.39, 0.29) is 5.15 Å². The highest BCUT2D eigenvalue weighted by molar-refractivity contribution is 6.29. The van der Waals surface area contributed by atoms with Crippen LogP contribution in [0.1, 0.15) is 29.8 Å². The van der Waals surface area contributed by atoms with Crippen molar-refractivity contribution in [1.82, 2.24) is 4.98 Å². The largest absolute Gasteiger partial charge is 0.342 e. The van der Waals surface area contributed by atoms with E-state index < -0.39 is 6.29 Å². The van der Waals surface area contributed by atoms with Crippen LogP contribution in [0.3, 0.4) is 0 Å². The van der Waals surface area contributed by atoms with Gasteiger partial charge in [0.05, 0.1) is 5.56 Å². The zero-order valence-electron chi connectivity index (χ0n) is 10.3. The van der Waals surface area contributed by atoms with Crippen molar-refractivity contribution in [3.63, 3.8) is 0 Å². The van der Waals surface area contributed by atoms with Gasteiger partial charge in [0.15, 0.2) is 6.29 Å². The summed E-state index contributed by atoms with van der Waals surface area (Å²) in [7, 11) is 0. The summed E-state index contributed by atoms with van der Waals surface area (Å²) in [6.07, 6.45) is 1.54. The highest BCUT2D eigenvalue weighted by atomic mass is 35.5. The Hall–Kier alpha value is -1.41. The van der Waals surface area contributed by atoms with E-state index in [4.69, 9.17) is 21.1 Å². The Kier molecular flexibility index (Phi) is 6.37. The van der Waals surface area contributed by atoms with Crippen molar-refractivity contribution in [2.75, 3.05) is 13.2 Å². The van der Waals surface area contributed by atoms with Crippen LogP contribution in [0.5, 0.6) is 0 Å². The molecule has 0 bridgehead atoms. The molecule has 5 heteroatoms. The highest BCUT2D eigenvalue weighted by Crippen LogP contribution is 2.10. The summed E-state index contributed by atoms with van der Waals surface area (Å²) in [5.74, 6) is 5.60. The SMILES string of the molecule is CCOC(C#Cc1cnc(Cl)cc1C=O)OCC. The van der Waals surface area contributed by atoms with Gasteiger partial charge in [-0.15, -0.1) is 0 Å². The summed E-state index contributed by atoms with van der Waals surface area (Å²) in [4.78, 5) is 14.7. The minimum Gasteiger partial charge on any atom is -0.342 e. The number of rotatable bonds is 5. The zero-order valence-corrected chi connectivity index (χ0v) is 11.0. The Morgan fingerprint density at radius 3 is 2.67 bits per heavy atom. The van der Waals surface area contributed by atoms with Crippen LogP contribution in [-0.2, 0) is 9.47 Å². The maximum absolute atomic E-state index is 10.9. The molecule has 0 aliphatic heterocycles. The third kappa shape index (κ3) is 4.46. The van der Waals surface area contributed by atoms with Crippen LogP contribution < -0.4 is 0 Å². The minimum atomic E-state index is -0.602. The molecule has 1 heterocycles. The first-order valence-electron chi connectivity index (χ1n) is 5.56. The molecular formula is C13H14ClNO3. The zero-order chi connectivity index (χ0) is 13.4. The lowest BCUT2D eigenvalue weighted by atomic mass is 10.1. The molecule has 0 fully saturated rings. The summed E-state index contributed by atoms with van der Waals surface area (Å²) in [6, 6.07) is 1.47. The predicted octanol–water partition coefficient (Wildman–Crippen LogP) is 2.30. The Morgan fingerprint density at radius 2 is 2.11 bits per heavy atom. The van der Waals surface area contributed by atoms with Gasteiger partial charge in [-0.25, -0.2) is 4.98 Å². The van der Waals surface area contributed by atoms with Gasteiger partial charge < -0.3 is 9.47 Å². The molecule has 0 saturated heterocycles. The van der Waals surface area contributed by atoms with Crippen molar-refractivity contribution >= 4 is 17.9 Å². The summed E-state index contributed by atoms with van der Waals surface area (Å²) in [5.41, 5.74) is 0.896. The second kappa shape index (κ2) is 7.83. The van der Waals surface area contributed by atoms with Crippen LogP contribution in [0, 0.1) is 11.8 Å². The number of aromatic nitrogens is 1. The molecule has 1 aromatic rings. The average Bonchev–Trinajstić information content (AvgIpc) is 2.37. The number of ether oxygens (including phenoxy) is 2. The minimum absolute atomic E-state index is 0.258. The van der Waals surface area contributed by atoms with Crippen molar-refractivity contribution in [3.05, 3.63) is 28.5 Å². The number of hydrogen-bond donors (Lipinski definition) is 0. The molecule has 4 nitrogen and oxygen atoms in total. The van der Waals surface area contributed by atoms with E-state index in [1.165, 1.54) is 12.3 Å². The van der Waals surface area contributed by atoms with E-state index >= 15 is 0 Å². The van der Waals surface area contributed by atoms with E-state index in [1.807, 2.05) is 13.8 Å². The molecule has 0 amide bonds. The normalized spacial score (nSPS) is 10.0. The summed E-state index contributed by atoms with van der Waals surface area (Å²) >= 11 is 5.69. The summed E-state index contributed by atoms with van der Waals surface area (Å²) in [6.45, 7) is 4.71. The Balaban J connectivity index is 2.91. The molecule has 1 aromatic heterocycles. The van der Waals surface area contributed by atoms with Gasteiger partial charge in [-0.2, -0.15) is 0 Å². The number of pyridine rings is 1. The second-order valence-corrected chi connectivity index (χ2v) is 3.61. The Bertz CT molecular complexity index is 459. The van der Waals surface area contributed by atoms with Gasteiger partial charge in [0.25, 0.3) is 0 Å². The quantitative estimate of drug-likeness (QED) is 0.355. The first-order valence-corrected chi connectivity index (χ1v) is 5.94. The smallest absolute Gasteiger partial charge is 0.222 e.